The van der Waals surface area contributed by atoms with Crippen molar-refractivity contribution in [1.82, 2.24) is 4.98 Å². The van der Waals surface area contributed by atoms with Crippen molar-refractivity contribution >= 4 is 79.8 Å². The molecule has 0 saturated carbocycles. The molecular weight excluding hydrogens is 723 g/mol. The fraction of sp³-hybridized carbons (Fsp3) is 0. The number of nitrogens with zero attached hydrogens (tertiary/aromatic N) is 1. The van der Waals surface area contributed by atoms with Crippen LogP contribution in [0.15, 0.2) is 241 Å². The van der Waals surface area contributed by atoms with Crippen LogP contribution in [-0.4, -0.2) is 21.1 Å². The lowest BCUT2D eigenvalue weighted by Gasteiger charge is -2.35. The maximum absolute atomic E-state index is 6.87. The molecule has 0 aliphatic rings. The predicted octanol–water partition coefficient (Wildman–Crippen LogP) is 7.40. The van der Waals surface area contributed by atoms with Crippen molar-refractivity contribution in [3.63, 3.8) is 0 Å². The van der Waals surface area contributed by atoms with Gasteiger partial charge in [-0.1, -0.05) is 218 Å². The third kappa shape index (κ3) is 5.72. The second kappa shape index (κ2) is 14.7. The summed E-state index contributed by atoms with van der Waals surface area (Å²) in [5.74, 6) is 0. The van der Waals surface area contributed by atoms with E-state index < -0.39 is 16.1 Å². The molecule has 0 aliphatic carbocycles. The summed E-state index contributed by atoms with van der Waals surface area (Å²) in [6.45, 7) is 0. The van der Waals surface area contributed by atoms with Gasteiger partial charge in [0, 0.05) is 16.3 Å². The number of pyridine rings is 1. The normalized spacial score (nSPS) is 11.9. The van der Waals surface area contributed by atoms with Gasteiger partial charge in [-0.05, 0) is 60.1 Å². The molecular formula is C53H39NOSi2. The minimum absolute atomic E-state index is 0.806. The van der Waals surface area contributed by atoms with Gasteiger partial charge in [0.1, 0.15) is 11.1 Å². The molecule has 0 aliphatic heterocycles. The van der Waals surface area contributed by atoms with Crippen LogP contribution in [0, 0.1) is 0 Å². The van der Waals surface area contributed by atoms with Crippen LogP contribution in [-0.2, 0) is 0 Å². The largest absolute Gasteiger partial charge is 0.454 e. The third-order valence-corrected chi connectivity index (χ3v) is 21.0. The summed E-state index contributed by atoms with van der Waals surface area (Å²) in [6, 6.07) is 86.5. The monoisotopic (exact) mass is 761 g/mol. The number of hydrogen-bond acceptors (Lipinski definition) is 2. The minimum Gasteiger partial charge on any atom is -0.454 e. The summed E-state index contributed by atoms with van der Waals surface area (Å²) in [7, 11) is -5.80. The number of rotatable bonds is 9. The zero-order valence-electron chi connectivity index (χ0n) is 31.4. The predicted molar refractivity (Wildman–Crippen MR) is 244 cm³/mol. The van der Waals surface area contributed by atoms with E-state index in [9.17, 15) is 0 Å². The molecule has 0 fully saturated rings. The second-order valence-corrected chi connectivity index (χ2v) is 22.2. The van der Waals surface area contributed by atoms with E-state index in [1.807, 2.05) is 6.07 Å². The zero-order chi connectivity index (χ0) is 38.1. The molecule has 10 aromatic rings. The van der Waals surface area contributed by atoms with Crippen molar-refractivity contribution in [2.45, 2.75) is 0 Å². The molecule has 2 nitrogen and oxygen atoms in total. The average Bonchev–Trinajstić information content (AvgIpc) is 3.68. The van der Waals surface area contributed by atoms with Gasteiger partial charge in [0.05, 0.1) is 0 Å². The van der Waals surface area contributed by atoms with Crippen LogP contribution >= 0.6 is 0 Å². The maximum Gasteiger partial charge on any atom is 0.201 e. The van der Waals surface area contributed by atoms with Gasteiger partial charge in [-0.2, -0.15) is 0 Å². The van der Waals surface area contributed by atoms with E-state index in [1.54, 1.807) is 0 Å². The number of benzene rings is 8. The Bertz CT molecular complexity index is 2740. The fourth-order valence-corrected chi connectivity index (χ4v) is 18.5. The topological polar surface area (TPSA) is 26.0 Å². The Morgan fingerprint density at radius 2 is 0.719 bits per heavy atom. The van der Waals surface area contributed by atoms with Gasteiger partial charge in [0.2, 0.25) is 8.07 Å². The first kappa shape index (κ1) is 34.6. The average molecular weight is 762 g/mol. The standard InChI is InChI=1S/C53H39NOSi2/c1-7-23-41(24-8-1)56(42-25-9-2-10-26-42,43-27-11-3-12-28-43)47-35-21-22-40(38-47)49-39-51(54-52-48-36-19-20-37-50(48)55-53(49)52)57(44-29-13-4-14-30-44,45-31-15-5-16-32-45)46-33-17-6-18-34-46/h1-39H. The molecule has 0 saturated heterocycles. The minimum atomic E-state index is -2.99. The van der Waals surface area contributed by atoms with E-state index in [2.05, 4.69) is 231 Å². The molecule has 0 atom stereocenters. The summed E-state index contributed by atoms with van der Waals surface area (Å²) < 4.78 is 6.87. The highest BCUT2D eigenvalue weighted by atomic mass is 28.3. The zero-order valence-corrected chi connectivity index (χ0v) is 33.4. The molecule has 2 heterocycles. The van der Waals surface area contributed by atoms with Crippen molar-refractivity contribution in [3.05, 3.63) is 237 Å². The Morgan fingerprint density at radius 3 is 1.18 bits per heavy atom. The van der Waals surface area contributed by atoms with Crippen LogP contribution in [0.3, 0.4) is 0 Å². The Labute approximate surface area is 335 Å². The van der Waals surface area contributed by atoms with Crippen LogP contribution in [0.2, 0.25) is 0 Å². The van der Waals surface area contributed by atoms with Gasteiger partial charge in [0.25, 0.3) is 0 Å². The second-order valence-electron chi connectivity index (χ2n) is 14.6. The Kier molecular flexibility index (Phi) is 8.90. The number of aromatic nitrogens is 1. The molecule has 57 heavy (non-hydrogen) atoms. The lowest BCUT2D eigenvalue weighted by atomic mass is 10.1. The maximum atomic E-state index is 6.87. The van der Waals surface area contributed by atoms with Crippen molar-refractivity contribution in [1.29, 1.82) is 0 Å². The summed E-state index contributed by atoms with van der Waals surface area (Å²) >= 11 is 0. The first-order valence-corrected chi connectivity index (χ1v) is 23.5. The Morgan fingerprint density at radius 1 is 0.333 bits per heavy atom. The Balaban J connectivity index is 1.32. The molecule has 0 amide bonds. The van der Waals surface area contributed by atoms with Gasteiger partial charge < -0.3 is 4.42 Å². The van der Waals surface area contributed by atoms with Crippen molar-refractivity contribution in [2.75, 3.05) is 0 Å². The number of hydrogen-bond donors (Lipinski definition) is 0. The summed E-state index contributed by atoms with van der Waals surface area (Å²) in [6.07, 6.45) is 0. The van der Waals surface area contributed by atoms with Gasteiger partial charge in [-0.3, -0.25) is 4.98 Å². The van der Waals surface area contributed by atoms with E-state index in [-0.39, 0.29) is 0 Å². The van der Waals surface area contributed by atoms with E-state index >= 15 is 0 Å². The van der Waals surface area contributed by atoms with Gasteiger partial charge >= 0.3 is 0 Å². The molecule has 0 bridgehead atoms. The van der Waals surface area contributed by atoms with Gasteiger partial charge in [0.15, 0.2) is 13.7 Å². The quantitative estimate of drug-likeness (QED) is 0.113. The first-order valence-electron chi connectivity index (χ1n) is 19.5. The van der Waals surface area contributed by atoms with Crippen LogP contribution in [0.25, 0.3) is 33.2 Å². The van der Waals surface area contributed by atoms with E-state index in [0.717, 1.165) is 38.5 Å². The summed E-state index contributed by atoms with van der Waals surface area (Å²) in [4.78, 5) is 5.74. The lowest BCUT2D eigenvalue weighted by molar-refractivity contribution is 0.669. The molecule has 0 N–H and O–H groups in total. The number of para-hydroxylation sites is 1. The molecule has 4 heteroatoms. The highest BCUT2D eigenvalue weighted by molar-refractivity contribution is 7.20. The molecule has 2 aromatic heterocycles. The highest BCUT2D eigenvalue weighted by Gasteiger charge is 2.44. The molecule has 270 valence electrons. The van der Waals surface area contributed by atoms with Crippen molar-refractivity contribution in [3.8, 4) is 11.1 Å². The van der Waals surface area contributed by atoms with Crippen molar-refractivity contribution in [2.24, 2.45) is 0 Å². The Hall–Kier alpha value is -6.86. The lowest BCUT2D eigenvalue weighted by Crippen LogP contribution is -2.75. The van der Waals surface area contributed by atoms with Crippen molar-refractivity contribution < 1.29 is 4.42 Å². The SMILES string of the molecule is c1ccc([Si](c2ccccc2)(c2ccccc2)c2cccc(-c3cc([Si](c4ccccc4)(c4ccccc4)c4ccccc4)nc4c3oc3ccccc34)c2)cc1. The highest BCUT2D eigenvalue weighted by Crippen LogP contribution is 2.34. The van der Waals surface area contributed by atoms with Crippen LogP contribution in [0.4, 0.5) is 0 Å². The van der Waals surface area contributed by atoms with E-state index in [1.165, 1.54) is 36.3 Å². The van der Waals surface area contributed by atoms with Gasteiger partial charge in [-0.25, -0.2) is 0 Å². The molecule has 0 spiro atoms. The number of furan rings is 1. The molecule has 0 unspecified atom stereocenters. The van der Waals surface area contributed by atoms with Crippen LogP contribution < -0.4 is 41.6 Å². The smallest absolute Gasteiger partial charge is 0.201 e. The fourth-order valence-electron chi connectivity index (χ4n) is 9.08. The third-order valence-electron chi connectivity index (χ3n) is 11.6. The molecule has 0 radical (unpaired) electrons. The van der Waals surface area contributed by atoms with E-state index in [0.29, 0.717) is 0 Å². The summed E-state index contributed by atoms with van der Waals surface area (Å²) in [5.41, 5.74) is 4.69. The van der Waals surface area contributed by atoms with Crippen LogP contribution in [0.5, 0.6) is 0 Å². The number of fused-ring (bicyclic) bond motifs is 3. The molecule has 10 rings (SSSR count). The summed E-state index contributed by atoms with van der Waals surface area (Å²) in [5, 5.41) is 11.3. The van der Waals surface area contributed by atoms with Crippen LogP contribution in [0.1, 0.15) is 0 Å². The first-order chi connectivity index (χ1) is 28.3. The molecule has 8 aromatic carbocycles. The van der Waals surface area contributed by atoms with Gasteiger partial charge in [-0.15, -0.1) is 0 Å². The van der Waals surface area contributed by atoms with E-state index in [4.69, 9.17) is 9.40 Å².